The summed E-state index contributed by atoms with van der Waals surface area (Å²) in [6, 6.07) is 7.58. The predicted molar refractivity (Wildman–Crippen MR) is 72.1 cm³/mol. The van der Waals surface area contributed by atoms with Gasteiger partial charge in [0.1, 0.15) is 5.69 Å². The van der Waals surface area contributed by atoms with Gasteiger partial charge in [-0.15, -0.1) is 0 Å². The number of nitrogens with two attached hydrogens (primary N) is 1. The molecule has 19 heavy (non-hydrogen) atoms. The lowest BCUT2D eigenvalue weighted by molar-refractivity contribution is 0.439. The lowest BCUT2D eigenvalue weighted by Crippen LogP contribution is -1.91. The Labute approximate surface area is 110 Å². The fourth-order valence-corrected chi connectivity index (χ4v) is 2.01. The number of aromatic nitrogens is 3. The molecule has 0 radical (unpaired) electrons. The number of hydrogen-bond donors (Lipinski definition) is 1. The van der Waals surface area contributed by atoms with Crippen LogP contribution in [0.2, 0.25) is 0 Å². The van der Waals surface area contributed by atoms with Gasteiger partial charge < -0.3 is 10.3 Å². The average Bonchev–Trinajstić information content (AvgIpc) is 2.82. The largest absolute Gasteiger partial charge is 0.367 e. The molecule has 0 fully saturated rings. The highest BCUT2D eigenvalue weighted by Crippen LogP contribution is 2.36. The number of pyridine rings is 2. The van der Waals surface area contributed by atoms with E-state index in [1.807, 2.05) is 31.2 Å². The number of anilines is 1. The number of rotatable bonds is 2. The zero-order valence-corrected chi connectivity index (χ0v) is 10.4. The summed E-state index contributed by atoms with van der Waals surface area (Å²) in [4.78, 5) is 8.36. The van der Waals surface area contributed by atoms with E-state index >= 15 is 0 Å². The third-order valence-electron chi connectivity index (χ3n) is 2.93. The van der Waals surface area contributed by atoms with Gasteiger partial charge in [-0.3, -0.25) is 9.97 Å². The minimum absolute atomic E-state index is 0.284. The number of aryl methyl sites for hydroxylation is 1. The van der Waals surface area contributed by atoms with Crippen LogP contribution in [0.3, 0.4) is 0 Å². The summed E-state index contributed by atoms with van der Waals surface area (Å²) >= 11 is 0. The van der Waals surface area contributed by atoms with Gasteiger partial charge in [0.05, 0.1) is 5.56 Å². The topological polar surface area (TPSA) is 77.8 Å². The molecule has 0 aliphatic heterocycles. The van der Waals surface area contributed by atoms with Crippen LogP contribution in [0.5, 0.6) is 0 Å². The fraction of sp³-hybridized carbons (Fsp3) is 0.0714. The van der Waals surface area contributed by atoms with Crippen LogP contribution >= 0.6 is 0 Å². The van der Waals surface area contributed by atoms with Crippen LogP contribution in [0.4, 0.5) is 5.88 Å². The molecule has 0 aliphatic rings. The van der Waals surface area contributed by atoms with Crippen molar-refractivity contribution in [3.63, 3.8) is 0 Å². The Morgan fingerprint density at radius 1 is 1.16 bits per heavy atom. The monoisotopic (exact) mass is 252 g/mol. The molecule has 0 bridgehead atoms. The van der Waals surface area contributed by atoms with Gasteiger partial charge in [-0.1, -0.05) is 11.2 Å². The quantitative estimate of drug-likeness (QED) is 0.758. The van der Waals surface area contributed by atoms with Crippen molar-refractivity contribution in [3.05, 3.63) is 48.5 Å². The molecule has 5 nitrogen and oxygen atoms in total. The Morgan fingerprint density at radius 3 is 2.74 bits per heavy atom. The van der Waals surface area contributed by atoms with Crippen LogP contribution in [0.15, 0.2) is 47.4 Å². The Kier molecular flexibility index (Phi) is 2.72. The summed E-state index contributed by atoms with van der Waals surface area (Å²) < 4.78 is 5.13. The standard InChI is InChI=1S/C14H12N4O/c1-9-11(5-3-7-17-9)13-12(14(15)19-18-13)10-4-2-6-16-8-10/h2-8H,15H2,1H3. The SMILES string of the molecule is Cc1ncccc1-c1noc(N)c1-c1cccnc1. The molecule has 0 aliphatic carbocycles. The van der Waals surface area contributed by atoms with Gasteiger partial charge in [0, 0.05) is 35.4 Å². The molecule has 94 valence electrons. The number of nitrogens with zero attached hydrogens (tertiary/aromatic N) is 3. The lowest BCUT2D eigenvalue weighted by Gasteiger charge is -2.04. The fourth-order valence-electron chi connectivity index (χ4n) is 2.01. The highest BCUT2D eigenvalue weighted by atomic mass is 16.5. The van der Waals surface area contributed by atoms with E-state index < -0.39 is 0 Å². The summed E-state index contributed by atoms with van der Waals surface area (Å²) in [5, 5.41) is 4.06. The average molecular weight is 252 g/mol. The summed E-state index contributed by atoms with van der Waals surface area (Å²) in [5.74, 6) is 0.284. The minimum atomic E-state index is 0.284. The molecule has 3 heterocycles. The first-order valence-electron chi connectivity index (χ1n) is 5.85. The van der Waals surface area contributed by atoms with Gasteiger partial charge in [-0.25, -0.2) is 0 Å². The first-order chi connectivity index (χ1) is 9.27. The molecule has 0 unspecified atom stereocenters. The molecular formula is C14H12N4O. The van der Waals surface area contributed by atoms with Gasteiger partial charge >= 0.3 is 0 Å². The molecule has 3 aromatic heterocycles. The molecule has 0 aromatic carbocycles. The number of nitrogen functional groups attached to an aromatic ring is 1. The van der Waals surface area contributed by atoms with Crippen molar-refractivity contribution >= 4 is 5.88 Å². The van der Waals surface area contributed by atoms with Gasteiger partial charge in [0.15, 0.2) is 0 Å². The van der Waals surface area contributed by atoms with Crippen molar-refractivity contribution in [1.82, 2.24) is 15.1 Å². The summed E-state index contributed by atoms with van der Waals surface area (Å²) in [6.07, 6.45) is 5.19. The maximum atomic E-state index is 5.88. The maximum Gasteiger partial charge on any atom is 0.230 e. The van der Waals surface area contributed by atoms with Crippen LogP contribution in [0, 0.1) is 6.92 Å². The van der Waals surface area contributed by atoms with Gasteiger partial charge in [-0.2, -0.15) is 0 Å². The van der Waals surface area contributed by atoms with Crippen molar-refractivity contribution in [2.24, 2.45) is 0 Å². The van der Waals surface area contributed by atoms with E-state index in [9.17, 15) is 0 Å². The molecule has 0 atom stereocenters. The van der Waals surface area contributed by atoms with Crippen molar-refractivity contribution in [2.45, 2.75) is 6.92 Å². The van der Waals surface area contributed by atoms with Crippen LogP contribution in [-0.4, -0.2) is 15.1 Å². The molecule has 2 N–H and O–H groups in total. The van der Waals surface area contributed by atoms with Crippen molar-refractivity contribution < 1.29 is 4.52 Å². The predicted octanol–water partition coefficient (Wildman–Crippen LogP) is 2.69. The molecule has 0 amide bonds. The lowest BCUT2D eigenvalue weighted by atomic mass is 10.0. The van der Waals surface area contributed by atoms with Gasteiger partial charge in [0.25, 0.3) is 0 Å². The minimum Gasteiger partial charge on any atom is -0.367 e. The summed E-state index contributed by atoms with van der Waals surface area (Å²) in [7, 11) is 0. The molecule has 0 saturated carbocycles. The van der Waals surface area contributed by atoms with Crippen molar-refractivity contribution in [3.8, 4) is 22.4 Å². The third-order valence-corrected chi connectivity index (χ3v) is 2.93. The molecule has 5 heteroatoms. The zero-order chi connectivity index (χ0) is 13.2. The Balaban J connectivity index is 2.23. The summed E-state index contributed by atoms with van der Waals surface area (Å²) in [5.41, 5.74) is 9.98. The zero-order valence-electron chi connectivity index (χ0n) is 10.4. The van der Waals surface area contributed by atoms with Crippen LogP contribution in [0.25, 0.3) is 22.4 Å². The Bertz CT molecular complexity index is 706. The van der Waals surface area contributed by atoms with Crippen molar-refractivity contribution in [2.75, 3.05) is 5.73 Å². The van der Waals surface area contributed by atoms with E-state index in [2.05, 4.69) is 15.1 Å². The van der Waals surface area contributed by atoms with Crippen LogP contribution in [0.1, 0.15) is 5.69 Å². The van der Waals surface area contributed by atoms with E-state index in [0.29, 0.717) is 5.69 Å². The van der Waals surface area contributed by atoms with Crippen molar-refractivity contribution in [1.29, 1.82) is 0 Å². The number of hydrogen-bond acceptors (Lipinski definition) is 5. The van der Waals surface area contributed by atoms with Gasteiger partial charge in [-0.05, 0) is 25.1 Å². The van der Waals surface area contributed by atoms with E-state index in [0.717, 1.165) is 22.4 Å². The normalized spacial score (nSPS) is 10.6. The first-order valence-corrected chi connectivity index (χ1v) is 5.85. The second-order valence-electron chi connectivity index (χ2n) is 4.15. The Morgan fingerprint density at radius 2 is 2.00 bits per heavy atom. The van der Waals surface area contributed by atoms with E-state index in [-0.39, 0.29) is 5.88 Å². The highest BCUT2D eigenvalue weighted by Gasteiger charge is 2.18. The van der Waals surface area contributed by atoms with E-state index in [1.54, 1.807) is 18.6 Å². The van der Waals surface area contributed by atoms with Crippen LogP contribution in [-0.2, 0) is 0 Å². The molecular weight excluding hydrogens is 240 g/mol. The maximum absolute atomic E-state index is 5.88. The first kappa shape index (κ1) is 11.4. The van der Waals surface area contributed by atoms with E-state index in [4.69, 9.17) is 10.3 Å². The molecule has 0 saturated heterocycles. The molecule has 3 aromatic rings. The smallest absolute Gasteiger partial charge is 0.230 e. The summed E-state index contributed by atoms with van der Waals surface area (Å²) in [6.45, 7) is 1.92. The Hall–Kier alpha value is -2.69. The van der Waals surface area contributed by atoms with Crippen LogP contribution < -0.4 is 5.73 Å². The highest BCUT2D eigenvalue weighted by molar-refractivity contribution is 5.87. The molecule has 0 spiro atoms. The molecule has 3 rings (SSSR count). The second kappa shape index (κ2) is 4.53. The van der Waals surface area contributed by atoms with Gasteiger partial charge in [0.2, 0.25) is 5.88 Å². The van der Waals surface area contributed by atoms with E-state index in [1.165, 1.54) is 0 Å². The second-order valence-corrected chi connectivity index (χ2v) is 4.15. The third kappa shape index (κ3) is 1.95.